The minimum Gasteiger partial charge on any atom is -0.496 e. The fourth-order valence-corrected chi connectivity index (χ4v) is 2.96. The average Bonchev–Trinajstić information content (AvgIpc) is 3.17. The highest BCUT2D eigenvalue weighted by Crippen LogP contribution is 2.53. The molecule has 0 heterocycles. The molecule has 0 aromatic heterocycles. The van der Waals surface area contributed by atoms with Gasteiger partial charge in [0.15, 0.2) is 0 Å². The minimum atomic E-state index is 0.263. The molecule has 2 aromatic rings. The smallest absolute Gasteiger partial charge is 0.122 e. The van der Waals surface area contributed by atoms with Crippen molar-refractivity contribution >= 4 is 10.8 Å². The molecular formula is C16H19NO. The summed E-state index contributed by atoms with van der Waals surface area (Å²) >= 11 is 0. The Balaban J connectivity index is 2.14. The predicted molar refractivity (Wildman–Crippen MR) is 75.0 cm³/mol. The lowest BCUT2D eigenvalue weighted by Crippen LogP contribution is -2.18. The van der Waals surface area contributed by atoms with Gasteiger partial charge in [0.05, 0.1) is 7.11 Å². The molecule has 0 spiro atoms. The maximum Gasteiger partial charge on any atom is 0.122 e. The quantitative estimate of drug-likeness (QED) is 0.894. The van der Waals surface area contributed by atoms with Crippen LogP contribution in [0.15, 0.2) is 36.4 Å². The number of benzene rings is 2. The lowest BCUT2D eigenvalue weighted by molar-refractivity contribution is 0.409. The summed E-state index contributed by atoms with van der Waals surface area (Å²) in [7, 11) is 1.75. The molecule has 1 aliphatic carbocycles. The maximum atomic E-state index is 6.02. The largest absolute Gasteiger partial charge is 0.496 e. The molecule has 0 unspecified atom stereocenters. The van der Waals surface area contributed by atoms with Crippen molar-refractivity contribution in [2.45, 2.75) is 25.3 Å². The lowest BCUT2D eigenvalue weighted by atomic mass is 9.98. The van der Waals surface area contributed by atoms with Crippen LogP contribution >= 0.6 is 0 Å². The van der Waals surface area contributed by atoms with Crippen LogP contribution < -0.4 is 10.5 Å². The first kappa shape index (κ1) is 11.5. The Morgan fingerprint density at radius 2 is 2.00 bits per heavy atom. The van der Waals surface area contributed by atoms with Crippen LogP contribution in [-0.2, 0) is 0 Å². The Bertz CT molecular complexity index is 576. The number of hydrogen-bond donors (Lipinski definition) is 1. The molecule has 2 N–H and O–H groups in total. The first-order valence-corrected chi connectivity index (χ1v) is 6.53. The maximum absolute atomic E-state index is 6.02. The van der Waals surface area contributed by atoms with Crippen molar-refractivity contribution < 1.29 is 4.74 Å². The summed E-state index contributed by atoms with van der Waals surface area (Å²) in [5.41, 5.74) is 7.37. The molecular weight excluding hydrogens is 222 g/mol. The van der Waals surface area contributed by atoms with Crippen LogP contribution in [-0.4, -0.2) is 13.2 Å². The molecule has 0 radical (unpaired) electrons. The summed E-state index contributed by atoms with van der Waals surface area (Å²) in [5.74, 6) is 2.16. The second kappa shape index (κ2) is 4.29. The molecule has 2 heteroatoms. The van der Waals surface area contributed by atoms with Crippen LogP contribution in [0.25, 0.3) is 10.8 Å². The van der Waals surface area contributed by atoms with E-state index < -0.39 is 0 Å². The standard InChI is InChI=1S/C16H19NO/c1-10(17)13-9-14(13)16-12-6-4-3-5-11(12)7-8-15(16)18-2/h3-8,10,13-14H,9,17H2,1-2H3/t10-,13+,14-/m0/s1. The molecule has 1 saturated carbocycles. The van der Waals surface area contributed by atoms with E-state index >= 15 is 0 Å². The molecule has 18 heavy (non-hydrogen) atoms. The molecule has 2 nitrogen and oxygen atoms in total. The Hall–Kier alpha value is -1.54. The van der Waals surface area contributed by atoms with Gasteiger partial charge in [0.1, 0.15) is 5.75 Å². The lowest BCUT2D eigenvalue weighted by Gasteiger charge is -2.13. The molecule has 1 aliphatic rings. The molecule has 94 valence electrons. The van der Waals surface area contributed by atoms with Gasteiger partial charge in [-0.2, -0.15) is 0 Å². The summed E-state index contributed by atoms with van der Waals surface area (Å²) in [6.45, 7) is 2.10. The van der Waals surface area contributed by atoms with Crippen molar-refractivity contribution in [3.8, 4) is 5.75 Å². The van der Waals surface area contributed by atoms with Gasteiger partial charge in [0.2, 0.25) is 0 Å². The van der Waals surface area contributed by atoms with Gasteiger partial charge in [-0.25, -0.2) is 0 Å². The zero-order valence-corrected chi connectivity index (χ0v) is 10.9. The third-order valence-electron chi connectivity index (χ3n) is 4.04. The van der Waals surface area contributed by atoms with E-state index in [0.717, 1.165) is 5.75 Å². The normalized spacial score (nSPS) is 23.9. The number of nitrogens with two attached hydrogens (primary N) is 1. The molecule has 0 aliphatic heterocycles. The second-order valence-corrected chi connectivity index (χ2v) is 5.27. The van der Waals surface area contributed by atoms with Crippen molar-refractivity contribution in [3.05, 3.63) is 42.0 Å². The van der Waals surface area contributed by atoms with E-state index in [2.05, 4.69) is 43.3 Å². The number of hydrogen-bond acceptors (Lipinski definition) is 2. The summed E-state index contributed by atoms with van der Waals surface area (Å²) in [5, 5.41) is 2.59. The van der Waals surface area contributed by atoms with E-state index in [-0.39, 0.29) is 6.04 Å². The van der Waals surface area contributed by atoms with Crippen LogP contribution in [0.1, 0.15) is 24.8 Å². The number of rotatable bonds is 3. The number of methoxy groups -OCH3 is 1. The first-order chi connectivity index (χ1) is 8.72. The van der Waals surface area contributed by atoms with E-state index in [4.69, 9.17) is 10.5 Å². The van der Waals surface area contributed by atoms with Crippen LogP contribution in [0, 0.1) is 5.92 Å². The van der Waals surface area contributed by atoms with Crippen LogP contribution in [0.5, 0.6) is 5.75 Å². The Morgan fingerprint density at radius 1 is 1.22 bits per heavy atom. The highest BCUT2D eigenvalue weighted by molar-refractivity contribution is 5.88. The zero-order chi connectivity index (χ0) is 12.7. The van der Waals surface area contributed by atoms with Gasteiger partial charge < -0.3 is 10.5 Å². The molecule has 3 rings (SSSR count). The summed E-state index contributed by atoms with van der Waals surface area (Å²) in [6, 6.07) is 13.0. The van der Waals surface area contributed by atoms with Crippen molar-refractivity contribution in [2.75, 3.05) is 7.11 Å². The van der Waals surface area contributed by atoms with Crippen molar-refractivity contribution in [1.82, 2.24) is 0 Å². The fourth-order valence-electron chi connectivity index (χ4n) is 2.96. The SMILES string of the molecule is COc1ccc2ccccc2c1[C@H]1C[C@@H]1[C@H](C)N. The van der Waals surface area contributed by atoms with Crippen LogP contribution in [0.2, 0.25) is 0 Å². The van der Waals surface area contributed by atoms with Crippen molar-refractivity contribution in [1.29, 1.82) is 0 Å². The van der Waals surface area contributed by atoms with Gasteiger partial charge in [-0.05, 0) is 42.0 Å². The van der Waals surface area contributed by atoms with E-state index in [1.165, 1.54) is 22.8 Å². The van der Waals surface area contributed by atoms with Crippen molar-refractivity contribution in [2.24, 2.45) is 11.7 Å². The first-order valence-electron chi connectivity index (χ1n) is 6.53. The Labute approximate surface area is 108 Å². The third kappa shape index (κ3) is 1.77. The van der Waals surface area contributed by atoms with Crippen LogP contribution in [0.4, 0.5) is 0 Å². The molecule has 3 atom stereocenters. The highest BCUT2D eigenvalue weighted by atomic mass is 16.5. The molecule has 0 amide bonds. The van der Waals surface area contributed by atoms with Gasteiger partial charge in [0, 0.05) is 11.6 Å². The zero-order valence-electron chi connectivity index (χ0n) is 10.9. The Morgan fingerprint density at radius 3 is 2.67 bits per heavy atom. The fraction of sp³-hybridized carbons (Fsp3) is 0.375. The predicted octanol–water partition coefficient (Wildman–Crippen LogP) is 3.30. The molecule has 0 saturated heterocycles. The topological polar surface area (TPSA) is 35.2 Å². The van der Waals surface area contributed by atoms with Gasteiger partial charge in [-0.3, -0.25) is 0 Å². The van der Waals surface area contributed by atoms with Gasteiger partial charge in [0.25, 0.3) is 0 Å². The van der Waals surface area contributed by atoms with Gasteiger partial charge in [-0.15, -0.1) is 0 Å². The van der Waals surface area contributed by atoms with Crippen LogP contribution in [0.3, 0.4) is 0 Å². The van der Waals surface area contributed by atoms with E-state index in [0.29, 0.717) is 11.8 Å². The number of fused-ring (bicyclic) bond motifs is 1. The highest BCUT2D eigenvalue weighted by Gasteiger charge is 2.43. The van der Waals surface area contributed by atoms with Gasteiger partial charge in [-0.1, -0.05) is 30.3 Å². The average molecular weight is 241 g/mol. The minimum absolute atomic E-state index is 0.263. The second-order valence-electron chi connectivity index (χ2n) is 5.27. The van der Waals surface area contributed by atoms with Crippen molar-refractivity contribution in [3.63, 3.8) is 0 Å². The van der Waals surface area contributed by atoms with Gasteiger partial charge >= 0.3 is 0 Å². The Kier molecular flexibility index (Phi) is 2.75. The monoisotopic (exact) mass is 241 g/mol. The molecule has 1 fully saturated rings. The molecule has 0 bridgehead atoms. The summed E-state index contributed by atoms with van der Waals surface area (Å²) in [4.78, 5) is 0. The van der Waals surface area contributed by atoms with E-state index in [1.54, 1.807) is 7.11 Å². The van der Waals surface area contributed by atoms with E-state index in [9.17, 15) is 0 Å². The summed E-state index contributed by atoms with van der Waals surface area (Å²) < 4.78 is 5.54. The number of ether oxygens (including phenoxy) is 1. The third-order valence-corrected chi connectivity index (χ3v) is 4.04. The molecule has 2 aromatic carbocycles. The summed E-state index contributed by atoms with van der Waals surface area (Å²) in [6.07, 6.45) is 1.18. The van der Waals surface area contributed by atoms with E-state index in [1.807, 2.05) is 0 Å².